The minimum Gasteiger partial charge on any atom is -0.481 e. The molecule has 0 spiro atoms. The largest absolute Gasteiger partial charge is 0.481 e. The molecule has 0 aromatic carbocycles. The molecular formula is C19H24N4O4. The Morgan fingerprint density at radius 2 is 1.96 bits per heavy atom. The molecule has 3 heterocycles. The molecule has 8 nitrogen and oxygen atoms in total. The van der Waals surface area contributed by atoms with E-state index in [2.05, 4.69) is 10.1 Å². The fourth-order valence-corrected chi connectivity index (χ4v) is 4.36. The van der Waals surface area contributed by atoms with Crippen LogP contribution in [0.15, 0.2) is 30.6 Å². The summed E-state index contributed by atoms with van der Waals surface area (Å²) < 4.78 is 12.2. The first-order chi connectivity index (χ1) is 13.1. The predicted molar refractivity (Wildman–Crippen MR) is 96.7 cm³/mol. The van der Waals surface area contributed by atoms with Gasteiger partial charge in [-0.3, -0.25) is 9.48 Å². The highest BCUT2D eigenvalue weighted by Gasteiger charge is 2.44. The number of aliphatic hydroxyl groups is 1. The van der Waals surface area contributed by atoms with Gasteiger partial charge in [-0.1, -0.05) is 0 Å². The molecule has 1 amide bonds. The average Bonchev–Trinajstić information content (AvgIpc) is 3.35. The van der Waals surface area contributed by atoms with Gasteiger partial charge in [-0.25, -0.2) is 0 Å². The van der Waals surface area contributed by atoms with Crippen LogP contribution < -0.4 is 9.47 Å². The first-order valence-electron chi connectivity index (χ1n) is 9.16. The first kappa shape index (κ1) is 17.8. The molecule has 0 bridgehead atoms. The summed E-state index contributed by atoms with van der Waals surface area (Å²) in [5.41, 5.74) is 0.432. The van der Waals surface area contributed by atoms with E-state index in [9.17, 15) is 9.90 Å². The molecule has 4 atom stereocenters. The molecule has 2 aromatic rings. The van der Waals surface area contributed by atoms with Gasteiger partial charge in [-0.05, 0) is 36.8 Å². The maximum atomic E-state index is 13.0. The van der Waals surface area contributed by atoms with E-state index in [4.69, 9.17) is 9.47 Å². The quantitative estimate of drug-likeness (QED) is 0.872. The smallest absolute Gasteiger partial charge is 0.259 e. The van der Waals surface area contributed by atoms with Crippen LogP contribution in [0, 0.1) is 11.8 Å². The molecule has 8 heteroatoms. The Labute approximate surface area is 157 Å². The number of hydrogen-bond donors (Lipinski definition) is 1. The van der Waals surface area contributed by atoms with E-state index in [0.717, 1.165) is 6.42 Å². The highest BCUT2D eigenvalue weighted by molar-refractivity contribution is 5.96. The highest BCUT2D eigenvalue weighted by atomic mass is 16.5. The van der Waals surface area contributed by atoms with Crippen molar-refractivity contribution in [1.29, 1.82) is 0 Å². The Balaban J connectivity index is 1.50. The highest BCUT2D eigenvalue weighted by Crippen LogP contribution is 2.41. The van der Waals surface area contributed by atoms with Crippen LogP contribution in [0.1, 0.15) is 29.2 Å². The number of pyridine rings is 1. The molecule has 0 radical (unpaired) electrons. The number of ether oxygens (including phenoxy) is 2. The van der Waals surface area contributed by atoms with E-state index in [1.807, 2.05) is 21.8 Å². The second-order valence-corrected chi connectivity index (χ2v) is 7.23. The van der Waals surface area contributed by atoms with Crippen LogP contribution in [0.3, 0.4) is 0 Å². The first-order valence-corrected chi connectivity index (χ1v) is 9.16. The normalized spacial score (nSPS) is 27.3. The van der Waals surface area contributed by atoms with Crippen LogP contribution in [-0.4, -0.2) is 64.1 Å². The van der Waals surface area contributed by atoms with Gasteiger partial charge in [0.25, 0.3) is 5.91 Å². The fourth-order valence-electron chi connectivity index (χ4n) is 4.36. The Bertz CT molecular complexity index is 810. The van der Waals surface area contributed by atoms with Crippen molar-refractivity contribution in [2.75, 3.05) is 27.3 Å². The number of aliphatic hydroxyl groups excluding tert-OH is 1. The number of amides is 1. The molecule has 27 heavy (non-hydrogen) atoms. The number of likely N-dealkylation sites (tertiary alicyclic amines) is 1. The van der Waals surface area contributed by atoms with Crippen molar-refractivity contribution in [3.63, 3.8) is 0 Å². The summed E-state index contributed by atoms with van der Waals surface area (Å²) in [6, 6.07) is 5.19. The zero-order chi connectivity index (χ0) is 19.0. The lowest BCUT2D eigenvalue weighted by Crippen LogP contribution is -2.36. The third kappa shape index (κ3) is 3.25. The zero-order valence-electron chi connectivity index (χ0n) is 15.5. The second-order valence-electron chi connectivity index (χ2n) is 7.23. The van der Waals surface area contributed by atoms with Gasteiger partial charge in [-0.2, -0.15) is 10.1 Å². The summed E-state index contributed by atoms with van der Waals surface area (Å²) >= 11 is 0. The Morgan fingerprint density at radius 3 is 2.63 bits per heavy atom. The summed E-state index contributed by atoms with van der Waals surface area (Å²) in [7, 11) is 3.02. The van der Waals surface area contributed by atoms with Gasteiger partial charge < -0.3 is 19.5 Å². The Kier molecular flexibility index (Phi) is 4.73. The van der Waals surface area contributed by atoms with Gasteiger partial charge in [0.1, 0.15) is 5.56 Å². The van der Waals surface area contributed by atoms with E-state index in [1.54, 1.807) is 18.3 Å². The minimum absolute atomic E-state index is 0.0338. The van der Waals surface area contributed by atoms with Crippen LogP contribution in [-0.2, 0) is 0 Å². The van der Waals surface area contributed by atoms with Crippen molar-refractivity contribution in [3.05, 3.63) is 36.2 Å². The van der Waals surface area contributed by atoms with Crippen molar-refractivity contribution in [2.24, 2.45) is 11.8 Å². The summed E-state index contributed by atoms with van der Waals surface area (Å²) in [6.07, 6.45) is 4.66. The van der Waals surface area contributed by atoms with Crippen LogP contribution in [0.25, 0.3) is 0 Å². The lowest BCUT2D eigenvalue weighted by Gasteiger charge is -2.35. The lowest BCUT2D eigenvalue weighted by atomic mass is 9.77. The number of aromatic nitrogens is 3. The van der Waals surface area contributed by atoms with Gasteiger partial charge in [0.15, 0.2) is 0 Å². The third-order valence-electron chi connectivity index (χ3n) is 5.73. The molecule has 2 aromatic heterocycles. The predicted octanol–water partition coefficient (Wildman–Crippen LogP) is 1.38. The van der Waals surface area contributed by atoms with E-state index in [1.165, 1.54) is 14.2 Å². The standard InChI is InChI=1S/C19H24N4O4/c1-26-17-5-4-14(18(21-17)27-2)19(25)22-10-12-8-15(23-7-3-6-20-23)16(24)9-13(12)11-22/h3-7,12-13,15-16,24H,8-11H2,1-2H3/t12-,13+,15-,16-/m1/s1. The molecule has 1 aliphatic heterocycles. The van der Waals surface area contributed by atoms with Crippen molar-refractivity contribution >= 4 is 5.91 Å². The number of nitrogens with zero attached hydrogens (tertiary/aromatic N) is 4. The number of carbonyl (C=O) groups is 1. The maximum Gasteiger partial charge on any atom is 0.259 e. The van der Waals surface area contributed by atoms with Crippen molar-refractivity contribution in [3.8, 4) is 11.8 Å². The molecule has 2 fully saturated rings. The van der Waals surface area contributed by atoms with Crippen LogP contribution in [0.5, 0.6) is 11.8 Å². The number of carbonyl (C=O) groups excluding carboxylic acids is 1. The number of rotatable bonds is 4. The van der Waals surface area contributed by atoms with E-state index >= 15 is 0 Å². The van der Waals surface area contributed by atoms with Gasteiger partial charge in [0, 0.05) is 31.5 Å². The van der Waals surface area contributed by atoms with Gasteiger partial charge in [0.05, 0.1) is 26.4 Å². The van der Waals surface area contributed by atoms with E-state index < -0.39 is 6.10 Å². The summed E-state index contributed by atoms with van der Waals surface area (Å²) in [5, 5.41) is 14.8. The van der Waals surface area contributed by atoms with E-state index in [-0.39, 0.29) is 17.8 Å². The van der Waals surface area contributed by atoms with Crippen molar-refractivity contribution < 1.29 is 19.4 Å². The topological polar surface area (TPSA) is 89.7 Å². The lowest BCUT2D eigenvalue weighted by molar-refractivity contribution is 0.0306. The number of hydrogen-bond acceptors (Lipinski definition) is 6. The van der Waals surface area contributed by atoms with Gasteiger partial charge in [-0.15, -0.1) is 0 Å². The molecule has 1 saturated heterocycles. The molecule has 2 aliphatic rings. The molecule has 1 aliphatic carbocycles. The fraction of sp³-hybridized carbons (Fsp3) is 0.526. The molecule has 1 N–H and O–H groups in total. The molecule has 1 saturated carbocycles. The maximum absolute atomic E-state index is 13.0. The van der Waals surface area contributed by atoms with Crippen LogP contribution >= 0.6 is 0 Å². The molecule has 4 rings (SSSR count). The van der Waals surface area contributed by atoms with Crippen molar-refractivity contribution in [1.82, 2.24) is 19.7 Å². The van der Waals surface area contributed by atoms with Crippen LogP contribution in [0.2, 0.25) is 0 Å². The minimum atomic E-state index is -0.446. The molecular weight excluding hydrogens is 348 g/mol. The Hall–Kier alpha value is -2.61. The Morgan fingerprint density at radius 1 is 1.19 bits per heavy atom. The second kappa shape index (κ2) is 7.19. The van der Waals surface area contributed by atoms with Gasteiger partial charge >= 0.3 is 0 Å². The summed E-state index contributed by atoms with van der Waals surface area (Å²) in [5.74, 6) is 1.23. The summed E-state index contributed by atoms with van der Waals surface area (Å²) in [6.45, 7) is 1.31. The number of methoxy groups -OCH3 is 2. The van der Waals surface area contributed by atoms with Crippen molar-refractivity contribution in [2.45, 2.75) is 25.0 Å². The SMILES string of the molecule is COc1ccc(C(=O)N2C[C@H]3C[C@@H](n4cccn4)[C@H](O)C[C@H]3C2)c(OC)n1. The average molecular weight is 372 g/mol. The number of fused-ring (bicyclic) bond motifs is 1. The van der Waals surface area contributed by atoms with Gasteiger partial charge in [0.2, 0.25) is 11.8 Å². The van der Waals surface area contributed by atoms with Crippen LogP contribution in [0.4, 0.5) is 0 Å². The summed E-state index contributed by atoms with van der Waals surface area (Å²) in [4.78, 5) is 19.1. The monoisotopic (exact) mass is 372 g/mol. The molecule has 144 valence electrons. The zero-order valence-corrected chi connectivity index (χ0v) is 15.5. The molecule has 0 unspecified atom stereocenters. The van der Waals surface area contributed by atoms with E-state index in [0.29, 0.717) is 42.8 Å². The third-order valence-corrected chi connectivity index (χ3v) is 5.73.